The molecule has 2 heteroatoms. The number of allylic oxidation sites excluding steroid dienone is 2. The predicted molar refractivity (Wildman–Crippen MR) is 76.3 cm³/mol. The van der Waals surface area contributed by atoms with Gasteiger partial charge in [0.25, 0.3) is 0 Å². The fourth-order valence-electron chi connectivity index (χ4n) is 2.58. The van der Waals surface area contributed by atoms with Crippen molar-refractivity contribution < 1.29 is 0 Å². The molecule has 1 aliphatic rings. The number of hydrogen-bond donors (Lipinski definition) is 1. The van der Waals surface area contributed by atoms with Gasteiger partial charge < -0.3 is 10.2 Å². The summed E-state index contributed by atoms with van der Waals surface area (Å²) in [5, 5.41) is 3.65. The van der Waals surface area contributed by atoms with Gasteiger partial charge >= 0.3 is 0 Å². The van der Waals surface area contributed by atoms with Crippen LogP contribution >= 0.6 is 0 Å². The number of likely N-dealkylation sites (N-methyl/N-ethyl adjacent to an activating group) is 1. The Morgan fingerprint density at radius 2 is 2.06 bits per heavy atom. The minimum atomic E-state index is 0.241. The molecule has 0 radical (unpaired) electrons. The van der Waals surface area contributed by atoms with Gasteiger partial charge in [-0.2, -0.15) is 0 Å². The molecule has 0 spiro atoms. The molecule has 17 heavy (non-hydrogen) atoms. The Hall–Kier alpha value is -0.340. The maximum absolute atomic E-state index is 3.65. The van der Waals surface area contributed by atoms with Crippen molar-refractivity contribution in [3.8, 4) is 0 Å². The molecular weight excluding hydrogens is 208 g/mol. The minimum Gasteiger partial charge on any atom is -0.315 e. The molecule has 1 aliphatic carbocycles. The molecule has 2 atom stereocenters. The van der Waals surface area contributed by atoms with Crippen LogP contribution in [-0.2, 0) is 0 Å². The van der Waals surface area contributed by atoms with Crippen LogP contribution in [0.15, 0.2) is 11.6 Å². The number of nitrogens with zero attached hydrogens (tertiary/aromatic N) is 1. The molecule has 2 unspecified atom stereocenters. The van der Waals surface area contributed by atoms with Crippen LogP contribution < -0.4 is 5.32 Å². The molecule has 1 rings (SSSR count). The number of rotatable bonds is 5. The Morgan fingerprint density at radius 1 is 1.41 bits per heavy atom. The zero-order chi connectivity index (χ0) is 13.1. The van der Waals surface area contributed by atoms with Crippen LogP contribution in [0.5, 0.6) is 0 Å². The van der Waals surface area contributed by atoms with E-state index in [0.717, 1.165) is 24.9 Å². The van der Waals surface area contributed by atoms with E-state index in [-0.39, 0.29) is 5.54 Å². The quantitative estimate of drug-likeness (QED) is 0.741. The Morgan fingerprint density at radius 3 is 2.59 bits per heavy atom. The second kappa shape index (κ2) is 6.01. The summed E-state index contributed by atoms with van der Waals surface area (Å²) in [5.41, 5.74) is 1.81. The van der Waals surface area contributed by atoms with Gasteiger partial charge in [-0.3, -0.25) is 0 Å². The lowest BCUT2D eigenvalue weighted by Crippen LogP contribution is -2.47. The van der Waals surface area contributed by atoms with Crippen LogP contribution in [-0.4, -0.2) is 37.6 Å². The van der Waals surface area contributed by atoms with Gasteiger partial charge in [0.15, 0.2) is 0 Å². The van der Waals surface area contributed by atoms with Gasteiger partial charge in [0, 0.05) is 12.1 Å². The minimum absolute atomic E-state index is 0.241. The zero-order valence-electron chi connectivity index (χ0n) is 12.5. The largest absolute Gasteiger partial charge is 0.315 e. The highest BCUT2D eigenvalue weighted by Gasteiger charge is 2.22. The molecule has 0 aromatic carbocycles. The van der Waals surface area contributed by atoms with E-state index < -0.39 is 0 Å². The van der Waals surface area contributed by atoms with E-state index in [2.05, 4.69) is 58.1 Å². The molecule has 0 saturated heterocycles. The summed E-state index contributed by atoms with van der Waals surface area (Å²) in [5.74, 6) is 1.59. The molecule has 2 nitrogen and oxygen atoms in total. The fraction of sp³-hybridized carbons (Fsp3) is 0.867. The number of nitrogens with one attached hydrogen (secondary N) is 1. The third-order valence-electron chi connectivity index (χ3n) is 4.09. The van der Waals surface area contributed by atoms with E-state index in [1.54, 1.807) is 5.57 Å². The Balaban J connectivity index is 2.31. The summed E-state index contributed by atoms with van der Waals surface area (Å²) in [6.45, 7) is 11.4. The van der Waals surface area contributed by atoms with Crippen LogP contribution in [0.4, 0.5) is 0 Å². The molecule has 100 valence electrons. The Bertz CT molecular complexity index is 266. The van der Waals surface area contributed by atoms with Gasteiger partial charge in [-0.15, -0.1) is 0 Å². The van der Waals surface area contributed by atoms with Crippen molar-refractivity contribution in [2.45, 2.75) is 46.1 Å². The molecule has 0 amide bonds. The molecule has 0 heterocycles. The highest BCUT2D eigenvalue weighted by molar-refractivity contribution is 5.06. The fourth-order valence-corrected chi connectivity index (χ4v) is 2.58. The average Bonchev–Trinajstić information content (AvgIpc) is 2.15. The standard InChI is InChI=1S/C15H30N2/c1-12-7-13(2)9-14(8-12)10-16-11-15(3,4)17(5)6/h7,12,14,16H,8-11H2,1-6H3. The summed E-state index contributed by atoms with van der Waals surface area (Å²) in [6.07, 6.45) is 5.05. The molecular formula is C15H30N2. The first-order valence-corrected chi connectivity index (χ1v) is 6.86. The Kier molecular flexibility index (Phi) is 5.21. The number of hydrogen-bond acceptors (Lipinski definition) is 2. The molecule has 0 aromatic heterocycles. The lowest BCUT2D eigenvalue weighted by Gasteiger charge is -2.34. The first kappa shape index (κ1) is 14.7. The second-order valence-electron chi connectivity index (χ2n) is 6.63. The van der Waals surface area contributed by atoms with E-state index in [4.69, 9.17) is 0 Å². The first-order valence-electron chi connectivity index (χ1n) is 6.86. The van der Waals surface area contributed by atoms with Crippen molar-refractivity contribution >= 4 is 0 Å². The monoisotopic (exact) mass is 238 g/mol. The van der Waals surface area contributed by atoms with Crippen molar-refractivity contribution in [3.05, 3.63) is 11.6 Å². The van der Waals surface area contributed by atoms with Crippen LogP contribution in [0.1, 0.15) is 40.5 Å². The van der Waals surface area contributed by atoms with Crippen molar-refractivity contribution in [3.63, 3.8) is 0 Å². The van der Waals surface area contributed by atoms with E-state index in [9.17, 15) is 0 Å². The SMILES string of the molecule is CC1=CC(C)CC(CNCC(C)(C)N(C)C)C1. The third-order valence-corrected chi connectivity index (χ3v) is 4.09. The normalized spacial score (nSPS) is 26.2. The topological polar surface area (TPSA) is 15.3 Å². The van der Waals surface area contributed by atoms with Gasteiger partial charge in [-0.05, 0) is 66.1 Å². The van der Waals surface area contributed by atoms with Gasteiger partial charge in [0.05, 0.1) is 0 Å². The second-order valence-corrected chi connectivity index (χ2v) is 6.63. The van der Waals surface area contributed by atoms with Crippen LogP contribution in [0.2, 0.25) is 0 Å². The van der Waals surface area contributed by atoms with E-state index in [1.807, 2.05) is 0 Å². The predicted octanol–water partition coefficient (Wildman–Crippen LogP) is 2.91. The summed E-state index contributed by atoms with van der Waals surface area (Å²) in [4.78, 5) is 2.29. The highest BCUT2D eigenvalue weighted by atomic mass is 15.2. The van der Waals surface area contributed by atoms with Crippen LogP contribution in [0.3, 0.4) is 0 Å². The molecule has 0 fully saturated rings. The van der Waals surface area contributed by atoms with Gasteiger partial charge in [-0.25, -0.2) is 0 Å². The molecule has 0 saturated carbocycles. The van der Waals surface area contributed by atoms with Gasteiger partial charge in [-0.1, -0.05) is 18.6 Å². The van der Waals surface area contributed by atoms with Gasteiger partial charge in [0.1, 0.15) is 0 Å². The molecule has 0 aliphatic heterocycles. The summed E-state index contributed by atoms with van der Waals surface area (Å²) >= 11 is 0. The van der Waals surface area contributed by atoms with Crippen molar-refractivity contribution in [1.29, 1.82) is 0 Å². The average molecular weight is 238 g/mol. The van der Waals surface area contributed by atoms with Crippen molar-refractivity contribution in [2.75, 3.05) is 27.2 Å². The van der Waals surface area contributed by atoms with Crippen LogP contribution in [0.25, 0.3) is 0 Å². The van der Waals surface area contributed by atoms with Crippen molar-refractivity contribution in [2.24, 2.45) is 11.8 Å². The van der Waals surface area contributed by atoms with E-state index in [0.29, 0.717) is 0 Å². The van der Waals surface area contributed by atoms with E-state index >= 15 is 0 Å². The lowest BCUT2D eigenvalue weighted by atomic mass is 9.83. The summed E-state index contributed by atoms with van der Waals surface area (Å²) in [7, 11) is 4.30. The van der Waals surface area contributed by atoms with Crippen LogP contribution in [0, 0.1) is 11.8 Å². The summed E-state index contributed by atoms with van der Waals surface area (Å²) < 4.78 is 0. The maximum atomic E-state index is 3.65. The Labute approximate surface area is 107 Å². The molecule has 1 N–H and O–H groups in total. The zero-order valence-corrected chi connectivity index (χ0v) is 12.5. The molecule has 0 bridgehead atoms. The lowest BCUT2D eigenvalue weighted by molar-refractivity contribution is 0.186. The van der Waals surface area contributed by atoms with Crippen molar-refractivity contribution in [1.82, 2.24) is 10.2 Å². The highest BCUT2D eigenvalue weighted by Crippen LogP contribution is 2.27. The van der Waals surface area contributed by atoms with E-state index in [1.165, 1.54) is 12.8 Å². The van der Waals surface area contributed by atoms with Gasteiger partial charge in [0.2, 0.25) is 0 Å². The first-order chi connectivity index (χ1) is 7.81. The smallest absolute Gasteiger partial charge is 0.0271 e. The molecule has 0 aromatic rings. The third kappa shape index (κ3) is 4.81. The summed E-state index contributed by atoms with van der Waals surface area (Å²) in [6, 6.07) is 0. The maximum Gasteiger partial charge on any atom is 0.0271 e.